The second-order valence-corrected chi connectivity index (χ2v) is 6.08. The summed E-state index contributed by atoms with van der Waals surface area (Å²) in [5.41, 5.74) is 7.45. The van der Waals surface area contributed by atoms with Crippen LogP contribution in [0.15, 0.2) is 35.1 Å². The average Bonchev–Trinajstić information content (AvgIpc) is 2.93. The molecule has 0 spiro atoms. The van der Waals surface area contributed by atoms with Gasteiger partial charge in [-0.25, -0.2) is 0 Å². The van der Waals surface area contributed by atoms with E-state index in [-0.39, 0.29) is 6.04 Å². The predicted octanol–water partition coefficient (Wildman–Crippen LogP) is 1.95. The maximum absolute atomic E-state index is 6.26. The molecule has 1 aromatic carbocycles. The molecule has 1 atom stereocenters. The van der Waals surface area contributed by atoms with Crippen LogP contribution in [0, 0.1) is 0 Å². The van der Waals surface area contributed by atoms with Crippen LogP contribution in [0.2, 0.25) is 0 Å². The lowest BCUT2D eigenvalue weighted by atomic mass is 10.0. The van der Waals surface area contributed by atoms with Crippen LogP contribution in [0.25, 0.3) is 0 Å². The second-order valence-electron chi connectivity index (χ2n) is 5.16. The summed E-state index contributed by atoms with van der Waals surface area (Å²) in [5, 5.41) is 8.08. The molecule has 0 amide bonds. The van der Waals surface area contributed by atoms with Gasteiger partial charge < -0.3 is 10.3 Å². The Morgan fingerprint density at radius 1 is 1.25 bits per heavy atom. The Kier molecular flexibility index (Phi) is 4.14. The highest BCUT2D eigenvalue weighted by molar-refractivity contribution is 9.10. The van der Waals surface area contributed by atoms with E-state index >= 15 is 0 Å². The first-order valence-electron chi connectivity index (χ1n) is 6.82. The summed E-state index contributed by atoms with van der Waals surface area (Å²) in [7, 11) is 0. The van der Waals surface area contributed by atoms with Crippen molar-refractivity contribution in [2.75, 3.05) is 13.1 Å². The van der Waals surface area contributed by atoms with Gasteiger partial charge in [0.1, 0.15) is 12.2 Å². The summed E-state index contributed by atoms with van der Waals surface area (Å²) in [4.78, 5) is 2.39. The molecule has 106 valence electrons. The van der Waals surface area contributed by atoms with Gasteiger partial charge >= 0.3 is 0 Å². The quantitative estimate of drug-likeness (QED) is 0.927. The van der Waals surface area contributed by atoms with E-state index < -0.39 is 0 Å². The molecule has 2 heterocycles. The fraction of sp³-hybridized carbons (Fsp3) is 0.429. The Morgan fingerprint density at radius 2 is 2.05 bits per heavy atom. The lowest BCUT2D eigenvalue weighted by Gasteiger charge is -2.27. The molecular weight excluding hydrogens is 318 g/mol. The molecule has 0 saturated carbocycles. The van der Waals surface area contributed by atoms with E-state index in [1.54, 1.807) is 6.33 Å². The van der Waals surface area contributed by atoms with Crippen LogP contribution in [-0.4, -0.2) is 32.8 Å². The van der Waals surface area contributed by atoms with Crippen molar-refractivity contribution in [2.45, 2.75) is 25.6 Å². The summed E-state index contributed by atoms with van der Waals surface area (Å²) in [6.45, 7) is 3.87. The summed E-state index contributed by atoms with van der Waals surface area (Å²) < 4.78 is 3.20. The van der Waals surface area contributed by atoms with E-state index in [0.29, 0.717) is 0 Å². The van der Waals surface area contributed by atoms with Gasteiger partial charge in [0, 0.05) is 30.1 Å². The number of fused-ring (bicyclic) bond motifs is 1. The molecule has 0 radical (unpaired) electrons. The average molecular weight is 336 g/mol. The second kappa shape index (κ2) is 6.03. The third kappa shape index (κ3) is 3.08. The zero-order valence-corrected chi connectivity index (χ0v) is 12.8. The summed E-state index contributed by atoms with van der Waals surface area (Å²) in [5.74, 6) is 1.05. The third-order valence-electron chi connectivity index (χ3n) is 3.77. The van der Waals surface area contributed by atoms with Crippen molar-refractivity contribution in [3.63, 3.8) is 0 Å². The molecule has 0 bridgehead atoms. The van der Waals surface area contributed by atoms with Crippen LogP contribution in [0.3, 0.4) is 0 Å². The fourth-order valence-corrected chi connectivity index (χ4v) is 2.77. The number of hydrogen-bond acceptors (Lipinski definition) is 4. The molecule has 1 aliphatic rings. The van der Waals surface area contributed by atoms with Crippen LogP contribution in [0.4, 0.5) is 0 Å². The van der Waals surface area contributed by atoms with Gasteiger partial charge in [0.05, 0.1) is 6.54 Å². The molecule has 2 aromatic rings. The van der Waals surface area contributed by atoms with Crippen molar-refractivity contribution in [3.05, 3.63) is 46.5 Å². The minimum absolute atomic E-state index is 0.0860. The number of aromatic nitrogens is 3. The molecule has 20 heavy (non-hydrogen) atoms. The zero-order chi connectivity index (χ0) is 13.9. The molecule has 3 rings (SSSR count). The third-order valence-corrected chi connectivity index (χ3v) is 4.30. The fourth-order valence-electron chi connectivity index (χ4n) is 2.51. The first-order chi connectivity index (χ1) is 9.72. The van der Waals surface area contributed by atoms with Crippen LogP contribution in [0.1, 0.15) is 23.9 Å². The lowest BCUT2D eigenvalue weighted by molar-refractivity contribution is 0.210. The Bertz CT molecular complexity index is 565. The Morgan fingerprint density at radius 3 is 2.85 bits per heavy atom. The first kappa shape index (κ1) is 13.7. The highest BCUT2D eigenvalue weighted by Crippen LogP contribution is 2.19. The van der Waals surface area contributed by atoms with Crippen molar-refractivity contribution >= 4 is 15.9 Å². The van der Waals surface area contributed by atoms with E-state index in [9.17, 15) is 0 Å². The normalized spacial score (nSPS) is 16.9. The van der Waals surface area contributed by atoms with Crippen LogP contribution >= 0.6 is 15.9 Å². The van der Waals surface area contributed by atoms with E-state index in [4.69, 9.17) is 5.73 Å². The SMILES string of the molecule is NC(CCN1CCn2cnnc2C1)c1ccc(Br)cc1. The molecule has 5 nitrogen and oxygen atoms in total. The van der Waals surface area contributed by atoms with Gasteiger partial charge in [-0.3, -0.25) is 4.90 Å². The van der Waals surface area contributed by atoms with Crippen molar-refractivity contribution < 1.29 is 0 Å². The molecule has 1 aromatic heterocycles. The topological polar surface area (TPSA) is 60.0 Å². The maximum atomic E-state index is 6.26. The van der Waals surface area contributed by atoms with Crippen molar-refractivity contribution in [2.24, 2.45) is 5.73 Å². The molecule has 1 unspecified atom stereocenters. The highest BCUT2D eigenvalue weighted by atomic mass is 79.9. The van der Waals surface area contributed by atoms with Crippen LogP contribution < -0.4 is 5.73 Å². The lowest BCUT2D eigenvalue weighted by Crippen LogP contribution is -2.35. The summed E-state index contributed by atoms with van der Waals surface area (Å²) in [6.07, 6.45) is 2.76. The van der Waals surface area contributed by atoms with E-state index in [1.807, 2.05) is 12.1 Å². The molecule has 2 N–H and O–H groups in total. The molecule has 0 aliphatic carbocycles. The van der Waals surface area contributed by atoms with Gasteiger partial charge in [0.25, 0.3) is 0 Å². The van der Waals surface area contributed by atoms with Gasteiger partial charge in [-0.15, -0.1) is 10.2 Å². The van der Waals surface area contributed by atoms with E-state index in [0.717, 1.165) is 42.9 Å². The molecule has 1 aliphatic heterocycles. The largest absolute Gasteiger partial charge is 0.324 e. The van der Waals surface area contributed by atoms with Gasteiger partial charge in [-0.2, -0.15) is 0 Å². The zero-order valence-electron chi connectivity index (χ0n) is 11.2. The highest BCUT2D eigenvalue weighted by Gasteiger charge is 2.18. The number of halogens is 1. The van der Waals surface area contributed by atoms with E-state index in [2.05, 4.69) is 47.7 Å². The number of nitrogens with two attached hydrogens (primary N) is 1. The maximum Gasteiger partial charge on any atom is 0.147 e. The van der Waals surface area contributed by atoms with Gasteiger partial charge in [-0.1, -0.05) is 28.1 Å². The summed E-state index contributed by atoms with van der Waals surface area (Å²) in [6, 6.07) is 8.34. The smallest absolute Gasteiger partial charge is 0.147 e. The molecule has 0 saturated heterocycles. The predicted molar refractivity (Wildman–Crippen MR) is 81.0 cm³/mol. The Balaban J connectivity index is 1.54. The number of benzene rings is 1. The molecule has 0 fully saturated rings. The minimum atomic E-state index is 0.0860. The van der Waals surface area contributed by atoms with Crippen LogP contribution in [-0.2, 0) is 13.1 Å². The minimum Gasteiger partial charge on any atom is -0.324 e. The summed E-state index contributed by atoms with van der Waals surface area (Å²) >= 11 is 3.44. The van der Waals surface area contributed by atoms with Crippen molar-refractivity contribution in [3.8, 4) is 0 Å². The number of nitrogens with zero attached hydrogens (tertiary/aromatic N) is 4. The monoisotopic (exact) mass is 335 g/mol. The van der Waals surface area contributed by atoms with Crippen molar-refractivity contribution in [1.29, 1.82) is 0 Å². The molecule has 6 heteroatoms. The van der Waals surface area contributed by atoms with Crippen LogP contribution in [0.5, 0.6) is 0 Å². The number of rotatable bonds is 4. The Hall–Kier alpha value is -1.24. The van der Waals surface area contributed by atoms with E-state index in [1.165, 1.54) is 5.56 Å². The van der Waals surface area contributed by atoms with Gasteiger partial charge in [0.15, 0.2) is 0 Å². The Labute approximate surface area is 126 Å². The first-order valence-corrected chi connectivity index (χ1v) is 7.62. The van der Waals surface area contributed by atoms with Gasteiger partial charge in [-0.05, 0) is 24.1 Å². The van der Waals surface area contributed by atoms with Gasteiger partial charge in [0.2, 0.25) is 0 Å². The number of hydrogen-bond donors (Lipinski definition) is 1. The molecular formula is C14H18BrN5. The van der Waals surface area contributed by atoms with Crippen molar-refractivity contribution in [1.82, 2.24) is 19.7 Å². The standard InChI is InChI=1S/C14H18BrN5/c15-12-3-1-11(2-4-12)13(16)5-6-19-7-8-20-10-17-18-14(20)9-19/h1-4,10,13H,5-9,16H2.